The molecule has 1 saturated heterocycles. The largest absolute Gasteiger partial charge is 0.330 e. The molecule has 0 aliphatic carbocycles. The summed E-state index contributed by atoms with van der Waals surface area (Å²) in [6.07, 6.45) is 2.58. The average molecular weight is 142 g/mol. The highest BCUT2D eigenvalue weighted by atomic mass is 15.2. The second-order valence-corrected chi connectivity index (χ2v) is 3.24. The highest BCUT2D eigenvalue weighted by Gasteiger charge is 2.29. The first-order chi connectivity index (χ1) is 4.79. The SMILES string of the molecule is CCC(CN)C1CCN1C. The maximum atomic E-state index is 5.63. The summed E-state index contributed by atoms with van der Waals surface area (Å²) in [4.78, 5) is 2.40. The Hall–Kier alpha value is -0.0800. The Morgan fingerprint density at radius 3 is 2.50 bits per heavy atom. The van der Waals surface area contributed by atoms with Gasteiger partial charge in [0.15, 0.2) is 0 Å². The summed E-state index contributed by atoms with van der Waals surface area (Å²) < 4.78 is 0. The van der Waals surface area contributed by atoms with Crippen LogP contribution in [0.4, 0.5) is 0 Å². The minimum Gasteiger partial charge on any atom is -0.330 e. The maximum Gasteiger partial charge on any atom is 0.0145 e. The Labute approximate surface area is 63.4 Å². The minimum absolute atomic E-state index is 0.735. The van der Waals surface area contributed by atoms with Gasteiger partial charge in [0.05, 0.1) is 0 Å². The Morgan fingerprint density at radius 1 is 1.70 bits per heavy atom. The van der Waals surface area contributed by atoms with Gasteiger partial charge in [-0.25, -0.2) is 0 Å². The van der Waals surface area contributed by atoms with Crippen LogP contribution in [-0.4, -0.2) is 31.1 Å². The van der Waals surface area contributed by atoms with E-state index in [4.69, 9.17) is 5.73 Å². The van der Waals surface area contributed by atoms with E-state index in [9.17, 15) is 0 Å². The molecule has 1 aliphatic heterocycles. The third-order valence-corrected chi connectivity index (χ3v) is 2.72. The summed E-state index contributed by atoms with van der Waals surface area (Å²) in [6, 6.07) is 0.787. The lowest BCUT2D eigenvalue weighted by molar-refractivity contribution is 0.0741. The highest BCUT2D eigenvalue weighted by molar-refractivity contribution is 4.85. The van der Waals surface area contributed by atoms with Crippen LogP contribution in [0.1, 0.15) is 19.8 Å². The van der Waals surface area contributed by atoms with Crippen LogP contribution in [0.2, 0.25) is 0 Å². The molecule has 0 bridgehead atoms. The zero-order valence-electron chi connectivity index (χ0n) is 7.01. The van der Waals surface area contributed by atoms with E-state index in [1.807, 2.05) is 0 Å². The van der Waals surface area contributed by atoms with Gasteiger partial charge in [0.25, 0.3) is 0 Å². The third kappa shape index (κ3) is 1.32. The van der Waals surface area contributed by atoms with E-state index < -0.39 is 0 Å². The lowest BCUT2D eigenvalue weighted by Crippen LogP contribution is -2.50. The topological polar surface area (TPSA) is 29.3 Å². The van der Waals surface area contributed by atoms with Crippen LogP contribution in [-0.2, 0) is 0 Å². The number of hydrogen-bond acceptors (Lipinski definition) is 2. The van der Waals surface area contributed by atoms with E-state index in [0.717, 1.165) is 18.5 Å². The van der Waals surface area contributed by atoms with Crippen molar-refractivity contribution < 1.29 is 0 Å². The molecule has 0 saturated carbocycles. The molecule has 1 aliphatic rings. The molecule has 60 valence electrons. The normalized spacial score (nSPS) is 29.7. The maximum absolute atomic E-state index is 5.63. The Balaban J connectivity index is 2.31. The van der Waals surface area contributed by atoms with Crippen molar-refractivity contribution in [3.8, 4) is 0 Å². The van der Waals surface area contributed by atoms with Gasteiger partial charge in [-0.1, -0.05) is 13.3 Å². The van der Waals surface area contributed by atoms with Crippen LogP contribution in [0.3, 0.4) is 0 Å². The minimum atomic E-state index is 0.735. The number of likely N-dealkylation sites (tertiary alicyclic amines) is 1. The fourth-order valence-corrected chi connectivity index (χ4v) is 1.73. The Kier molecular flexibility index (Phi) is 2.69. The van der Waals surface area contributed by atoms with Crippen LogP contribution in [0.15, 0.2) is 0 Å². The van der Waals surface area contributed by atoms with Crippen molar-refractivity contribution in [2.75, 3.05) is 20.1 Å². The van der Waals surface area contributed by atoms with Crippen LogP contribution < -0.4 is 5.73 Å². The summed E-state index contributed by atoms with van der Waals surface area (Å²) >= 11 is 0. The molecule has 2 nitrogen and oxygen atoms in total. The van der Waals surface area contributed by atoms with Crippen LogP contribution in [0.25, 0.3) is 0 Å². The van der Waals surface area contributed by atoms with E-state index in [1.165, 1.54) is 19.4 Å². The summed E-state index contributed by atoms with van der Waals surface area (Å²) in [5.41, 5.74) is 5.63. The van der Waals surface area contributed by atoms with Crippen molar-refractivity contribution in [3.05, 3.63) is 0 Å². The van der Waals surface area contributed by atoms with E-state index in [1.54, 1.807) is 0 Å². The fourth-order valence-electron chi connectivity index (χ4n) is 1.73. The first-order valence-corrected chi connectivity index (χ1v) is 4.20. The van der Waals surface area contributed by atoms with Gasteiger partial charge >= 0.3 is 0 Å². The second kappa shape index (κ2) is 3.35. The predicted molar refractivity (Wildman–Crippen MR) is 43.9 cm³/mol. The van der Waals surface area contributed by atoms with Gasteiger partial charge in [-0.15, -0.1) is 0 Å². The molecule has 1 heterocycles. The van der Waals surface area contributed by atoms with E-state index in [0.29, 0.717) is 0 Å². The molecule has 0 aromatic rings. The van der Waals surface area contributed by atoms with Gasteiger partial charge in [-0.3, -0.25) is 0 Å². The van der Waals surface area contributed by atoms with Crippen molar-refractivity contribution in [3.63, 3.8) is 0 Å². The molecule has 2 unspecified atom stereocenters. The van der Waals surface area contributed by atoms with Crippen molar-refractivity contribution in [1.82, 2.24) is 4.90 Å². The van der Waals surface area contributed by atoms with Gasteiger partial charge in [0, 0.05) is 6.04 Å². The molecule has 1 fully saturated rings. The summed E-state index contributed by atoms with van der Waals surface area (Å²) in [6.45, 7) is 4.34. The zero-order chi connectivity index (χ0) is 7.56. The van der Waals surface area contributed by atoms with Gasteiger partial charge in [0.1, 0.15) is 0 Å². The molecule has 2 N–H and O–H groups in total. The van der Waals surface area contributed by atoms with E-state index in [2.05, 4.69) is 18.9 Å². The Morgan fingerprint density at radius 2 is 2.40 bits per heavy atom. The lowest BCUT2D eigenvalue weighted by Gasteiger charge is -2.42. The molecule has 10 heavy (non-hydrogen) atoms. The third-order valence-electron chi connectivity index (χ3n) is 2.72. The summed E-state index contributed by atoms with van der Waals surface area (Å²) in [5.74, 6) is 0.735. The van der Waals surface area contributed by atoms with Gasteiger partial charge in [0.2, 0.25) is 0 Å². The lowest BCUT2D eigenvalue weighted by atomic mass is 9.88. The molecular formula is C8H18N2. The zero-order valence-corrected chi connectivity index (χ0v) is 7.01. The second-order valence-electron chi connectivity index (χ2n) is 3.24. The standard InChI is InChI=1S/C8H18N2/c1-3-7(6-9)8-4-5-10(8)2/h7-8H,3-6,9H2,1-2H3. The molecule has 0 aromatic carbocycles. The Bertz CT molecular complexity index is 96.7. The smallest absolute Gasteiger partial charge is 0.0145 e. The molecular weight excluding hydrogens is 124 g/mol. The highest BCUT2D eigenvalue weighted by Crippen LogP contribution is 2.23. The first kappa shape index (κ1) is 8.02. The molecule has 0 radical (unpaired) electrons. The van der Waals surface area contributed by atoms with E-state index in [-0.39, 0.29) is 0 Å². The van der Waals surface area contributed by atoms with Gasteiger partial charge in [-0.2, -0.15) is 0 Å². The van der Waals surface area contributed by atoms with Crippen molar-refractivity contribution in [1.29, 1.82) is 0 Å². The number of nitrogens with zero attached hydrogens (tertiary/aromatic N) is 1. The molecule has 0 amide bonds. The molecule has 2 atom stereocenters. The van der Waals surface area contributed by atoms with Crippen LogP contribution >= 0.6 is 0 Å². The van der Waals surface area contributed by atoms with Gasteiger partial charge in [-0.05, 0) is 32.5 Å². The molecule has 1 rings (SSSR count). The first-order valence-electron chi connectivity index (χ1n) is 4.20. The molecule has 0 aromatic heterocycles. The van der Waals surface area contributed by atoms with Crippen molar-refractivity contribution >= 4 is 0 Å². The number of hydrogen-bond donors (Lipinski definition) is 1. The van der Waals surface area contributed by atoms with Crippen LogP contribution in [0.5, 0.6) is 0 Å². The van der Waals surface area contributed by atoms with Crippen molar-refractivity contribution in [2.45, 2.75) is 25.8 Å². The number of nitrogens with two attached hydrogens (primary N) is 1. The van der Waals surface area contributed by atoms with Crippen LogP contribution in [0, 0.1) is 5.92 Å². The van der Waals surface area contributed by atoms with E-state index >= 15 is 0 Å². The number of rotatable bonds is 3. The predicted octanol–water partition coefficient (Wildman–Crippen LogP) is 0.675. The molecule has 0 spiro atoms. The summed E-state index contributed by atoms with van der Waals surface area (Å²) in [7, 11) is 2.19. The van der Waals surface area contributed by atoms with Gasteiger partial charge < -0.3 is 10.6 Å². The average Bonchev–Trinajstić information content (AvgIpc) is 1.96. The quantitative estimate of drug-likeness (QED) is 0.627. The monoisotopic (exact) mass is 142 g/mol. The summed E-state index contributed by atoms with van der Waals surface area (Å²) in [5, 5.41) is 0. The molecule has 2 heteroatoms. The van der Waals surface area contributed by atoms with Crippen molar-refractivity contribution in [2.24, 2.45) is 11.7 Å². The fraction of sp³-hybridized carbons (Fsp3) is 1.00.